The minimum absolute atomic E-state index is 0.106. The summed E-state index contributed by atoms with van der Waals surface area (Å²) in [6.07, 6.45) is -5.22. The van der Waals surface area contributed by atoms with Crippen LogP contribution in [0, 0.1) is 0 Å². The third-order valence-electron chi connectivity index (χ3n) is 5.31. The van der Waals surface area contributed by atoms with Gasteiger partial charge in [-0.15, -0.1) is 0 Å². The summed E-state index contributed by atoms with van der Waals surface area (Å²) >= 11 is 0. The van der Waals surface area contributed by atoms with Gasteiger partial charge in [-0.2, -0.15) is 13.2 Å². The van der Waals surface area contributed by atoms with E-state index in [0.717, 1.165) is 17.7 Å². The van der Waals surface area contributed by atoms with Crippen LogP contribution in [0.1, 0.15) is 34.0 Å². The Labute approximate surface area is 188 Å². The van der Waals surface area contributed by atoms with Crippen molar-refractivity contribution < 1.29 is 27.5 Å². The van der Waals surface area contributed by atoms with E-state index >= 15 is 0 Å². The Hall–Kier alpha value is -3.81. The van der Waals surface area contributed by atoms with Crippen LogP contribution < -0.4 is 10.1 Å². The fraction of sp³-hybridized carbons (Fsp3) is 0.200. The lowest BCUT2D eigenvalue weighted by molar-refractivity contribution is -0.138. The van der Waals surface area contributed by atoms with Crippen LogP contribution in [0.2, 0.25) is 0 Å². The van der Waals surface area contributed by atoms with E-state index in [1.165, 1.54) is 12.1 Å². The van der Waals surface area contributed by atoms with Crippen LogP contribution in [0.4, 0.5) is 18.9 Å². The molecule has 1 aliphatic rings. The van der Waals surface area contributed by atoms with Crippen LogP contribution in [0.3, 0.4) is 0 Å². The van der Waals surface area contributed by atoms with Gasteiger partial charge in [0.2, 0.25) is 0 Å². The second-order valence-electron chi connectivity index (χ2n) is 7.80. The third-order valence-corrected chi connectivity index (χ3v) is 5.31. The second kappa shape index (κ2) is 8.97. The predicted molar refractivity (Wildman–Crippen MR) is 117 cm³/mol. The minimum Gasteiger partial charge on any atom is -0.481 e. The number of amides is 2. The number of benzene rings is 3. The Bertz CT molecular complexity index is 1180. The Morgan fingerprint density at radius 1 is 1.06 bits per heavy atom. The fourth-order valence-electron chi connectivity index (χ4n) is 3.65. The molecule has 4 rings (SSSR count). The molecule has 3 aromatic carbocycles. The molecule has 170 valence electrons. The average molecular weight is 454 g/mol. The molecule has 0 spiro atoms. The number of carbonyl (C=O) groups excluding carboxylic acids is 2. The summed E-state index contributed by atoms with van der Waals surface area (Å²) in [4.78, 5) is 27.1. The highest BCUT2D eigenvalue weighted by Gasteiger charge is 2.31. The van der Waals surface area contributed by atoms with Gasteiger partial charge >= 0.3 is 6.18 Å². The van der Waals surface area contributed by atoms with Gasteiger partial charge in [0.25, 0.3) is 11.8 Å². The zero-order valence-electron chi connectivity index (χ0n) is 17.7. The summed E-state index contributed by atoms with van der Waals surface area (Å²) in [6.45, 7) is 2.34. The van der Waals surface area contributed by atoms with E-state index in [4.69, 9.17) is 4.74 Å². The number of alkyl halides is 3. The van der Waals surface area contributed by atoms with Crippen molar-refractivity contribution in [1.82, 2.24) is 4.90 Å². The molecule has 1 atom stereocenters. The zero-order chi connectivity index (χ0) is 23.6. The number of fused-ring (bicyclic) bond motifs is 1. The molecule has 0 unspecified atom stereocenters. The zero-order valence-corrected chi connectivity index (χ0v) is 17.7. The molecule has 0 radical (unpaired) electrons. The van der Waals surface area contributed by atoms with Crippen molar-refractivity contribution >= 4 is 17.5 Å². The molecule has 0 bridgehead atoms. The number of anilines is 1. The highest BCUT2D eigenvalue weighted by Crippen LogP contribution is 2.31. The van der Waals surface area contributed by atoms with Crippen molar-refractivity contribution in [2.24, 2.45) is 0 Å². The summed E-state index contributed by atoms with van der Waals surface area (Å²) in [5.41, 5.74) is 1.04. The lowest BCUT2D eigenvalue weighted by Crippen LogP contribution is -2.37. The van der Waals surface area contributed by atoms with Crippen molar-refractivity contribution in [1.29, 1.82) is 0 Å². The molecule has 0 aliphatic carbocycles. The number of carbonyl (C=O) groups is 2. The lowest BCUT2D eigenvalue weighted by Gasteiger charge is -2.22. The molecule has 0 fully saturated rings. The number of ether oxygens (including phenoxy) is 1. The van der Waals surface area contributed by atoms with Crippen LogP contribution in [0.5, 0.6) is 5.75 Å². The number of hydrogen-bond acceptors (Lipinski definition) is 3. The maximum absolute atomic E-state index is 13.0. The molecule has 1 aliphatic heterocycles. The first-order chi connectivity index (χ1) is 15.7. The van der Waals surface area contributed by atoms with E-state index in [1.54, 1.807) is 30.0 Å². The summed E-state index contributed by atoms with van der Waals surface area (Å²) in [6, 6.07) is 18.7. The van der Waals surface area contributed by atoms with Crippen LogP contribution in [-0.4, -0.2) is 22.8 Å². The smallest absolute Gasteiger partial charge is 0.416 e. The van der Waals surface area contributed by atoms with Crippen molar-refractivity contribution in [3.05, 3.63) is 95.1 Å². The van der Waals surface area contributed by atoms with Gasteiger partial charge in [0.05, 0.1) is 5.56 Å². The van der Waals surface area contributed by atoms with Gasteiger partial charge in [-0.3, -0.25) is 9.59 Å². The third kappa shape index (κ3) is 5.16. The van der Waals surface area contributed by atoms with Crippen LogP contribution >= 0.6 is 0 Å². The molecule has 0 saturated carbocycles. The maximum Gasteiger partial charge on any atom is 0.416 e. The average Bonchev–Trinajstić information content (AvgIpc) is 2.90. The van der Waals surface area contributed by atoms with Gasteiger partial charge in [0.1, 0.15) is 5.75 Å². The van der Waals surface area contributed by atoms with Crippen molar-refractivity contribution in [3.63, 3.8) is 0 Å². The van der Waals surface area contributed by atoms with Gasteiger partial charge in [-0.05, 0) is 48.9 Å². The molecule has 8 heteroatoms. The quantitative estimate of drug-likeness (QED) is 0.585. The van der Waals surface area contributed by atoms with Gasteiger partial charge in [-0.1, -0.05) is 36.4 Å². The first-order valence-electron chi connectivity index (χ1n) is 10.3. The number of rotatable bonds is 4. The Balaban J connectivity index is 1.56. The molecule has 0 saturated heterocycles. The number of nitrogens with one attached hydrogen (secondary N) is 1. The SMILES string of the molecule is C[C@@H]1Oc2ccc(NC(=O)c3cccc(C(F)(F)F)c3)cc2CN(Cc2ccccc2)C1=O. The number of hydrogen-bond donors (Lipinski definition) is 1. The molecule has 1 heterocycles. The normalized spacial score (nSPS) is 15.9. The van der Waals surface area contributed by atoms with E-state index in [-0.39, 0.29) is 18.0 Å². The largest absolute Gasteiger partial charge is 0.481 e. The van der Waals surface area contributed by atoms with Crippen LogP contribution in [0.25, 0.3) is 0 Å². The lowest BCUT2D eigenvalue weighted by atomic mass is 10.1. The van der Waals surface area contributed by atoms with E-state index in [9.17, 15) is 22.8 Å². The Morgan fingerprint density at radius 2 is 1.82 bits per heavy atom. The van der Waals surface area contributed by atoms with Gasteiger partial charge in [0, 0.05) is 29.9 Å². The summed E-state index contributed by atoms with van der Waals surface area (Å²) in [7, 11) is 0. The molecule has 1 N–H and O–H groups in total. The summed E-state index contributed by atoms with van der Waals surface area (Å²) < 4.78 is 44.7. The van der Waals surface area contributed by atoms with Crippen LogP contribution in [-0.2, 0) is 24.1 Å². The predicted octanol–water partition coefficient (Wildman–Crippen LogP) is 5.27. The molecule has 33 heavy (non-hydrogen) atoms. The summed E-state index contributed by atoms with van der Waals surface area (Å²) in [5, 5.41) is 2.63. The Morgan fingerprint density at radius 3 is 2.55 bits per heavy atom. The molecular weight excluding hydrogens is 433 g/mol. The highest BCUT2D eigenvalue weighted by atomic mass is 19.4. The molecule has 3 aromatic rings. The van der Waals surface area contributed by atoms with Gasteiger partial charge < -0.3 is 15.0 Å². The molecule has 0 aromatic heterocycles. The highest BCUT2D eigenvalue weighted by molar-refractivity contribution is 6.04. The maximum atomic E-state index is 13.0. The van der Waals surface area contributed by atoms with E-state index in [0.29, 0.717) is 23.5 Å². The molecule has 2 amide bonds. The molecule has 5 nitrogen and oxygen atoms in total. The number of nitrogens with zero attached hydrogens (tertiary/aromatic N) is 1. The van der Waals surface area contributed by atoms with Crippen molar-refractivity contribution in [2.45, 2.75) is 32.3 Å². The Kier molecular flexibility index (Phi) is 6.09. The van der Waals surface area contributed by atoms with Crippen LogP contribution in [0.15, 0.2) is 72.8 Å². The topological polar surface area (TPSA) is 58.6 Å². The van der Waals surface area contributed by atoms with Crippen molar-refractivity contribution in [3.8, 4) is 5.75 Å². The van der Waals surface area contributed by atoms with E-state index < -0.39 is 23.8 Å². The van der Waals surface area contributed by atoms with Crippen molar-refractivity contribution in [2.75, 3.05) is 5.32 Å². The standard InChI is InChI=1S/C25H21F3N2O3/c1-16-24(32)30(14-17-6-3-2-4-7-17)15-19-13-21(10-11-22(19)33-16)29-23(31)18-8-5-9-20(12-18)25(26,27)28/h2-13,16H,14-15H2,1H3,(H,29,31)/t16-/m0/s1. The fourth-order valence-corrected chi connectivity index (χ4v) is 3.65. The van der Waals surface area contributed by atoms with E-state index in [2.05, 4.69) is 5.32 Å². The van der Waals surface area contributed by atoms with E-state index in [1.807, 2.05) is 30.3 Å². The first-order valence-corrected chi connectivity index (χ1v) is 10.3. The summed E-state index contributed by atoms with van der Waals surface area (Å²) in [5.74, 6) is -0.311. The van der Waals surface area contributed by atoms with Gasteiger partial charge in [0.15, 0.2) is 6.10 Å². The molecular formula is C25H21F3N2O3. The second-order valence-corrected chi connectivity index (χ2v) is 7.80. The minimum atomic E-state index is -4.54. The first kappa shape index (κ1) is 22.4. The van der Waals surface area contributed by atoms with Gasteiger partial charge in [-0.25, -0.2) is 0 Å². The monoisotopic (exact) mass is 454 g/mol. The number of halogens is 3.